The Morgan fingerprint density at radius 1 is 1.00 bits per heavy atom. The van der Waals surface area contributed by atoms with Crippen molar-refractivity contribution < 1.29 is 14.4 Å². The van der Waals surface area contributed by atoms with Gasteiger partial charge in [-0.3, -0.25) is 14.4 Å². The summed E-state index contributed by atoms with van der Waals surface area (Å²) in [5.74, 6) is 0.0353. The van der Waals surface area contributed by atoms with E-state index in [1.807, 2.05) is 34.9 Å². The average molecular weight is 371 g/mol. The lowest BCUT2D eigenvalue weighted by Crippen LogP contribution is -2.54. The standard InChI is InChI=1S/C21H29N3O3/c1-2-18(25)23-14-10-16(11-15-23)19(21(27)24-12-6-7-13-24)22-20(26)17-8-4-3-5-9-17/h3-5,8-9,16,19H,2,6-7,10-15H2,1H3,(H,22,26)/t19-/m0/s1. The van der Waals surface area contributed by atoms with Gasteiger partial charge in [-0.15, -0.1) is 0 Å². The van der Waals surface area contributed by atoms with Crippen LogP contribution in [-0.2, 0) is 9.59 Å². The van der Waals surface area contributed by atoms with Gasteiger partial charge in [0.1, 0.15) is 6.04 Å². The zero-order valence-electron chi connectivity index (χ0n) is 16.0. The number of nitrogens with zero attached hydrogens (tertiary/aromatic N) is 2. The molecule has 1 atom stereocenters. The molecule has 0 spiro atoms. The van der Waals surface area contributed by atoms with Crippen molar-refractivity contribution in [3.05, 3.63) is 35.9 Å². The largest absolute Gasteiger partial charge is 0.343 e. The molecule has 1 aromatic rings. The van der Waals surface area contributed by atoms with Gasteiger partial charge in [-0.05, 0) is 43.7 Å². The van der Waals surface area contributed by atoms with Crippen LogP contribution >= 0.6 is 0 Å². The van der Waals surface area contributed by atoms with Crippen molar-refractivity contribution in [3.63, 3.8) is 0 Å². The Labute approximate surface area is 160 Å². The number of hydrogen-bond acceptors (Lipinski definition) is 3. The molecule has 0 aromatic heterocycles. The Morgan fingerprint density at radius 3 is 2.22 bits per heavy atom. The summed E-state index contributed by atoms with van der Waals surface area (Å²) >= 11 is 0. The van der Waals surface area contributed by atoms with Gasteiger partial charge in [0.2, 0.25) is 11.8 Å². The highest BCUT2D eigenvalue weighted by atomic mass is 16.2. The van der Waals surface area contributed by atoms with E-state index in [4.69, 9.17) is 0 Å². The lowest BCUT2D eigenvalue weighted by Gasteiger charge is -2.37. The first-order valence-electron chi connectivity index (χ1n) is 10.0. The third-order valence-corrected chi connectivity index (χ3v) is 5.67. The van der Waals surface area contributed by atoms with E-state index in [2.05, 4.69) is 5.32 Å². The Balaban J connectivity index is 1.71. The normalized spacial score (nSPS) is 19.0. The zero-order chi connectivity index (χ0) is 19.2. The van der Waals surface area contributed by atoms with Crippen LogP contribution < -0.4 is 5.32 Å². The van der Waals surface area contributed by atoms with Crippen molar-refractivity contribution in [3.8, 4) is 0 Å². The van der Waals surface area contributed by atoms with Crippen LogP contribution in [-0.4, -0.2) is 59.7 Å². The van der Waals surface area contributed by atoms with Crippen molar-refractivity contribution in [1.29, 1.82) is 0 Å². The number of nitrogens with one attached hydrogen (secondary N) is 1. The number of benzene rings is 1. The summed E-state index contributed by atoms with van der Waals surface area (Å²) in [7, 11) is 0. The molecule has 2 saturated heterocycles. The van der Waals surface area contributed by atoms with Gasteiger partial charge in [0.15, 0.2) is 0 Å². The van der Waals surface area contributed by atoms with Crippen LogP contribution in [0.1, 0.15) is 49.4 Å². The molecule has 2 aliphatic rings. The first kappa shape index (κ1) is 19.4. The molecule has 2 aliphatic heterocycles. The van der Waals surface area contributed by atoms with E-state index >= 15 is 0 Å². The van der Waals surface area contributed by atoms with Crippen LogP contribution in [0.25, 0.3) is 0 Å². The quantitative estimate of drug-likeness (QED) is 0.861. The molecule has 0 aliphatic carbocycles. The Hall–Kier alpha value is -2.37. The minimum atomic E-state index is -0.519. The molecule has 3 rings (SSSR count). The second kappa shape index (κ2) is 9.02. The van der Waals surface area contributed by atoms with Crippen LogP contribution in [0.4, 0.5) is 0 Å². The lowest BCUT2D eigenvalue weighted by molar-refractivity contribution is -0.135. The van der Waals surface area contributed by atoms with Gasteiger partial charge in [-0.25, -0.2) is 0 Å². The number of rotatable bonds is 5. The van der Waals surface area contributed by atoms with Gasteiger partial charge in [0, 0.05) is 38.2 Å². The number of piperidine rings is 1. The molecular weight excluding hydrogens is 342 g/mol. The van der Waals surface area contributed by atoms with Crippen LogP contribution in [0.3, 0.4) is 0 Å². The van der Waals surface area contributed by atoms with E-state index in [0.29, 0.717) is 25.1 Å². The summed E-state index contributed by atoms with van der Waals surface area (Å²) in [6.45, 7) is 4.71. The number of amides is 3. The Kier molecular flexibility index (Phi) is 6.48. The van der Waals surface area contributed by atoms with Crippen molar-refractivity contribution in [2.75, 3.05) is 26.2 Å². The molecule has 6 nitrogen and oxygen atoms in total. The summed E-state index contributed by atoms with van der Waals surface area (Å²) in [5.41, 5.74) is 0.565. The highest BCUT2D eigenvalue weighted by molar-refractivity contribution is 5.97. The topological polar surface area (TPSA) is 69.7 Å². The molecule has 0 unspecified atom stereocenters. The van der Waals surface area contributed by atoms with Gasteiger partial charge < -0.3 is 15.1 Å². The minimum Gasteiger partial charge on any atom is -0.343 e. The summed E-state index contributed by atoms with van der Waals surface area (Å²) in [6, 6.07) is 8.51. The molecule has 1 aromatic carbocycles. The molecule has 1 N–H and O–H groups in total. The van der Waals surface area contributed by atoms with E-state index in [-0.39, 0.29) is 23.6 Å². The maximum absolute atomic E-state index is 13.1. The SMILES string of the molecule is CCC(=O)N1CCC([C@H](NC(=O)c2ccccc2)C(=O)N2CCCC2)CC1. The first-order valence-corrected chi connectivity index (χ1v) is 10.0. The predicted octanol–water partition coefficient (Wildman–Crippen LogP) is 2.06. The molecule has 2 fully saturated rings. The van der Waals surface area contributed by atoms with Crippen LogP contribution in [0.15, 0.2) is 30.3 Å². The molecule has 0 saturated carbocycles. The van der Waals surface area contributed by atoms with E-state index in [1.54, 1.807) is 12.1 Å². The average Bonchev–Trinajstić information content (AvgIpc) is 3.26. The monoisotopic (exact) mass is 371 g/mol. The number of hydrogen-bond donors (Lipinski definition) is 1. The fraction of sp³-hybridized carbons (Fsp3) is 0.571. The molecule has 6 heteroatoms. The third-order valence-electron chi connectivity index (χ3n) is 5.67. The Morgan fingerprint density at radius 2 is 1.63 bits per heavy atom. The molecule has 146 valence electrons. The number of carbonyl (C=O) groups excluding carboxylic acids is 3. The molecule has 3 amide bonds. The van der Waals surface area contributed by atoms with Crippen molar-refractivity contribution in [2.24, 2.45) is 5.92 Å². The fourth-order valence-electron chi connectivity index (χ4n) is 4.04. The minimum absolute atomic E-state index is 0.0250. The van der Waals surface area contributed by atoms with Gasteiger partial charge in [0.05, 0.1) is 0 Å². The zero-order valence-corrected chi connectivity index (χ0v) is 16.0. The second-order valence-corrected chi connectivity index (χ2v) is 7.42. The third kappa shape index (κ3) is 4.67. The molecular formula is C21H29N3O3. The van der Waals surface area contributed by atoms with E-state index < -0.39 is 6.04 Å². The van der Waals surface area contributed by atoms with E-state index in [1.165, 1.54) is 0 Å². The fourth-order valence-corrected chi connectivity index (χ4v) is 4.04. The van der Waals surface area contributed by atoms with Gasteiger partial charge in [-0.2, -0.15) is 0 Å². The summed E-state index contributed by atoms with van der Waals surface area (Å²) in [6.07, 6.45) is 4.03. The molecule has 27 heavy (non-hydrogen) atoms. The lowest BCUT2D eigenvalue weighted by atomic mass is 9.88. The van der Waals surface area contributed by atoms with Crippen molar-refractivity contribution in [2.45, 2.75) is 45.1 Å². The van der Waals surface area contributed by atoms with E-state index in [9.17, 15) is 14.4 Å². The summed E-state index contributed by atoms with van der Waals surface area (Å²) in [5, 5.41) is 3.00. The van der Waals surface area contributed by atoms with Gasteiger partial charge in [-0.1, -0.05) is 25.1 Å². The maximum Gasteiger partial charge on any atom is 0.251 e. The Bertz CT molecular complexity index is 663. The first-order chi connectivity index (χ1) is 13.1. The van der Waals surface area contributed by atoms with Crippen molar-refractivity contribution in [1.82, 2.24) is 15.1 Å². The van der Waals surface area contributed by atoms with Crippen molar-refractivity contribution >= 4 is 17.7 Å². The summed E-state index contributed by atoms with van der Waals surface area (Å²) < 4.78 is 0. The van der Waals surface area contributed by atoms with Gasteiger partial charge >= 0.3 is 0 Å². The maximum atomic E-state index is 13.1. The molecule has 0 radical (unpaired) electrons. The predicted molar refractivity (Wildman–Crippen MR) is 103 cm³/mol. The smallest absolute Gasteiger partial charge is 0.251 e. The summed E-state index contributed by atoms with van der Waals surface area (Å²) in [4.78, 5) is 41.5. The molecule has 0 bridgehead atoms. The highest BCUT2D eigenvalue weighted by Gasteiger charge is 2.36. The van der Waals surface area contributed by atoms with Crippen LogP contribution in [0.5, 0.6) is 0 Å². The van der Waals surface area contributed by atoms with Crippen LogP contribution in [0, 0.1) is 5.92 Å². The van der Waals surface area contributed by atoms with Crippen LogP contribution in [0.2, 0.25) is 0 Å². The van der Waals surface area contributed by atoms with E-state index in [0.717, 1.165) is 38.8 Å². The highest BCUT2D eigenvalue weighted by Crippen LogP contribution is 2.24. The number of carbonyl (C=O) groups is 3. The van der Waals surface area contributed by atoms with Gasteiger partial charge in [0.25, 0.3) is 5.91 Å². The number of likely N-dealkylation sites (tertiary alicyclic amines) is 2. The molecule has 2 heterocycles. The second-order valence-electron chi connectivity index (χ2n) is 7.42.